The Kier molecular flexibility index (Phi) is 3.95. The van der Waals surface area contributed by atoms with Crippen LogP contribution in [0, 0.1) is 5.82 Å². The Morgan fingerprint density at radius 3 is 2.33 bits per heavy atom. The van der Waals surface area contributed by atoms with Crippen molar-refractivity contribution in [1.29, 1.82) is 0 Å². The quantitative estimate of drug-likeness (QED) is 0.939. The summed E-state index contributed by atoms with van der Waals surface area (Å²) >= 11 is 0. The Bertz CT molecular complexity index is 799. The highest BCUT2D eigenvalue weighted by Gasteiger charge is 2.20. The van der Waals surface area contributed by atoms with Gasteiger partial charge >= 0.3 is 5.97 Å². The van der Waals surface area contributed by atoms with Gasteiger partial charge < -0.3 is 9.84 Å². The van der Waals surface area contributed by atoms with Crippen LogP contribution in [0.2, 0.25) is 0 Å². The highest BCUT2D eigenvalue weighted by atomic mass is 32.2. The van der Waals surface area contributed by atoms with Crippen molar-refractivity contribution in [2.45, 2.75) is 4.90 Å². The molecule has 0 unspecified atom stereocenters. The number of hydrogen-bond acceptors (Lipinski definition) is 4. The van der Waals surface area contributed by atoms with E-state index >= 15 is 0 Å². The summed E-state index contributed by atoms with van der Waals surface area (Å²) in [6.45, 7) is 0. The van der Waals surface area contributed by atoms with Crippen LogP contribution in [0.15, 0.2) is 47.4 Å². The lowest BCUT2D eigenvalue weighted by molar-refractivity contribution is 0.0689. The molecule has 0 amide bonds. The number of rotatable bonds is 4. The highest BCUT2D eigenvalue weighted by Crippen LogP contribution is 2.31. The fourth-order valence-electron chi connectivity index (χ4n) is 1.76. The van der Waals surface area contributed by atoms with Crippen molar-refractivity contribution in [2.24, 2.45) is 0 Å². The zero-order valence-electron chi connectivity index (χ0n) is 10.9. The van der Waals surface area contributed by atoms with Gasteiger partial charge in [-0.25, -0.2) is 17.6 Å². The zero-order chi connectivity index (χ0) is 15.6. The number of carboxylic acids is 1. The SMILES string of the molecule is CS(=O)(=O)c1ccccc1Oc1cccc(F)c1C(=O)O. The largest absolute Gasteiger partial charge is 0.477 e. The normalized spacial score (nSPS) is 11.1. The van der Waals surface area contributed by atoms with Crippen molar-refractivity contribution in [3.63, 3.8) is 0 Å². The molecule has 0 fully saturated rings. The van der Waals surface area contributed by atoms with Gasteiger partial charge in [-0.15, -0.1) is 0 Å². The Morgan fingerprint density at radius 2 is 1.71 bits per heavy atom. The van der Waals surface area contributed by atoms with E-state index in [1.807, 2.05) is 0 Å². The van der Waals surface area contributed by atoms with Gasteiger partial charge in [0.25, 0.3) is 0 Å². The van der Waals surface area contributed by atoms with E-state index in [1.165, 1.54) is 36.4 Å². The first-order valence-electron chi connectivity index (χ1n) is 5.79. The van der Waals surface area contributed by atoms with Gasteiger partial charge in [-0.2, -0.15) is 0 Å². The van der Waals surface area contributed by atoms with Gasteiger partial charge in [0.05, 0.1) is 0 Å². The maximum absolute atomic E-state index is 13.6. The Labute approximate surface area is 120 Å². The van der Waals surface area contributed by atoms with Gasteiger partial charge in [-0.3, -0.25) is 0 Å². The van der Waals surface area contributed by atoms with Gasteiger partial charge in [-0.1, -0.05) is 18.2 Å². The van der Waals surface area contributed by atoms with Crippen molar-refractivity contribution >= 4 is 15.8 Å². The minimum absolute atomic E-state index is 0.0619. The molecule has 0 aliphatic carbocycles. The van der Waals surface area contributed by atoms with Crippen LogP contribution in [0.3, 0.4) is 0 Å². The number of benzene rings is 2. The molecule has 5 nitrogen and oxygen atoms in total. The van der Waals surface area contributed by atoms with Crippen molar-refractivity contribution in [3.8, 4) is 11.5 Å². The first-order valence-corrected chi connectivity index (χ1v) is 7.68. The van der Waals surface area contributed by atoms with Crippen LogP contribution in [-0.4, -0.2) is 25.7 Å². The van der Waals surface area contributed by atoms with Crippen molar-refractivity contribution in [3.05, 3.63) is 53.8 Å². The third-order valence-corrected chi connectivity index (χ3v) is 3.79. The van der Waals surface area contributed by atoms with E-state index in [9.17, 15) is 17.6 Å². The number of carbonyl (C=O) groups is 1. The lowest BCUT2D eigenvalue weighted by Crippen LogP contribution is -2.05. The zero-order valence-corrected chi connectivity index (χ0v) is 11.7. The molecule has 2 aromatic rings. The molecular weight excluding hydrogens is 299 g/mol. The van der Waals surface area contributed by atoms with Crippen LogP contribution in [0.5, 0.6) is 11.5 Å². The van der Waals surface area contributed by atoms with E-state index in [2.05, 4.69) is 0 Å². The lowest BCUT2D eigenvalue weighted by atomic mass is 10.2. The predicted octanol–water partition coefficient (Wildman–Crippen LogP) is 2.72. The van der Waals surface area contributed by atoms with Crippen LogP contribution in [0.1, 0.15) is 10.4 Å². The van der Waals surface area contributed by atoms with E-state index in [4.69, 9.17) is 9.84 Å². The summed E-state index contributed by atoms with van der Waals surface area (Å²) in [6, 6.07) is 9.25. The third kappa shape index (κ3) is 3.19. The first-order chi connectivity index (χ1) is 9.80. The third-order valence-electron chi connectivity index (χ3n) is 2.66. The molecule has 0 saturated heterocycles. The van der Waals surface area contributed by atoms with Gasteiger partial charge in [0.15, 0.2) is 9.84 Å². The Morgan fingerprint density at radius 1 is 1.10 bits per heavy atom. The molecule has 0 aromatic heterocycles. The fourth-order valence-corrected chi connectivity index (χ4v) is 2.56. The molecule has 21 heavy (non-hydrogen) atoms. The molecule has 110 valence electrons. The second kappa shape index (κ2) is 5.53. The van der Waals surface area contributed by atoms with E-state index in [0.717, 1.165) is 12.3 Å². The number of para-hydroxylation sites is 1. The number of hydrogen-bond donors (Lipinski definition) is 1. The molecule has 7 heteroatoms. The van der Waals surface area contributed by atoms with Crippen LogP contribution in [-0.2, 0) is 9.84 Å². The van der Waals surface area contributed by atoms with Gasteiger partial charge in [-0.05, 0) is 24.3 Å². The summed E-state index contributed by atoms with van der Waals surface area (Å²) in [7, 11) is -3.56. The summed E-state index contributed by atoms with van der Waals surface area (Å²) in [5.74, 6) is -2.79. The summed E-state index contributed by atoms with van der Waals surface area (Å²) in [5.41, 5.74) is -0.652. The smallest absolute Gasteiger partial charge is 0.342 e. The first kappa shape index (κ1) is 15.0. The van der Waals surface area contributed by atoms with Gasteiger partial charge in [0, 0.05) is 6.26 Å². The molecule has 0 saturated carbocycles. The van der Waals surface area contributed by atoms with Crippen LogP contribution in [0.25, 0.3) is 0 Å². The van der Waals surface area contributed by atoms with Crippen molar-refractivity contribution in [2.75, 3.05) is 6.26 Å². The van der Waals surface area contributed by atoms with E-state index < -0.39 is 27.2 Å². The molecule has 2 aromatic carbocycles. The standard InChI is InChI=1S/C14H11FO5S/c1-21(18,19)12-8-3-2-6-10(12)20-11-7-4-5-9(15)13(11)14(16)17/h2-8H,1H3,(H,16,17). The summed E-state index contributed by atoms with van der Waals surface area (Å²) in [5, 5.41) is 9.02. The summed E-state index contributed by atoms with van der Waals surface area (Å²) < 4.78 is 42.2. The van der Waals surface area contributed by atoms with Gasteiger partial charge in [0.2, 0.25) is 0 Å². The molecule has 0 atom stereocenters. The molecule has 0 heterocycles. The number of sulfone groups is 1. The molecule has 0 spiro atoms. The highest BCUT2D eigenvalue weighted by molar-refractivity contribution is 7.90. The number of carboxylic acid groups (broad SMARTS) is 1. The van der Waals surface area contributed by atoms with Crippen LogP contribution < -0.4 is 4.74 Å². The summed E-state index contributed by atoms with van der Waals surface area (Å²) in [4.78, 5) is 11.0. The number of aromatic carboxylic acids is 1. The molecule has 1 N–H and O–H groups in total. The molecule has 0 aliphatic heterocycles. The minimum atomic E-state index is -3.56. The lowest BCUT2D eigenvalue weighted by Gasteiger charge is -2.12. The average Bonchev–Trinajstić information content (AvgIpc) is 2.37. The molecule has 0 aliphatic rings. The molecular formula is C14H11FO5S. The van der Waals surface area contributed by atoms with Crippen LogP contribution in [0.4, 0.5) is 4.39 Å². The fraction of sp³-hybridized carbons (Fsp3) is 0.0714. The Hall–Kier alpha value is -2.41. The predicted molar refractivity (Wildman–Crippen MR) is 73.0 cm³/mol. The molecule has 0 bridgehead atoms. The van der Waals surface area contributed by atoms with E-state index in [1.54, 1.807) is 0 Å². The van der Waals surface area contributed by atoms with E-state index in [-0.39, 0.29) is 16.4 Å². The maximum atomic E-state index is 13.6. The van der Waals surface area contributed by atoms with Crippen molar-refractivity contribution < 1.29 is 27.4 Å². The van der Waals surface area contributed by atoms with E-state index in [0.29, 0.717) is 0 Å². The second-order valence-electron chi connectivity index (χ2n) is 4.24. The second-order valence-corrected chi connectivity index (χ2v) is 6.22. The molecule has 2 rings (SSSR count). The van der Waals surface area contributed by atoms with Gasteiger partial charge in [0.1, 0.15) is 27.8 Å². The van der Waals surface area contributed by atoms with Crippen LogP contribution >= 0.6 is 0 Å². The number of halogens is 1. The average molecular weight is 310 g/mol. The van der Waals surface area contributed by atoms with Crippen molar-refractivity contribution in [1.82, 2.24) is 0 Å². The summed E-state index contributed by atoms with van der Waals surface area (Å²) in [6.07, 6.45) is 0.999. The monoisotopic (exact) mass is 310 g/mol. The molecule has 0 radical (unpaired) electrons. The maximum Gasteiger partial charge on any atom is 0.342 e. The number of ether oxygens (including phenoxy) is 1. The topological polar surface area (TPSA) is 80.7 Å². The minimum Gasteiger partial charge on any atom is -0.477 e. The Balaban J connectivity index is 2.55.